The van der Waals surface area contributed by atoms with E-state index in [1.807, 2.05) is 24.3 Å². The highest BCUT2D eigenvalue weighted by Gasteiger charge is 2.02. The van der Waals surface area contributed by atoms with Crippen LogP contribution in [0.1, 0.15) is 0 Å². The van der Waals surface area contributed by atoms with Gasteiger partial charge in [0.2, 0.25) is 0 Å². The van der Waals surface area contributed by atoms with Crippen LogP contribution >= 0.6 is 0 Å². The number of carbonyl (C=O) groups is 1. The molecule has 0 fully saturated rings. The third-order valence-corrected chi connectivity index (χ3v) is 2.30. The second-order valence-corrected chi connectivity index (χ2v) is 3.70. The SMILES string of the molecule is O=C(O)NC/C=C/Cn1cc(-c2ccccn2)nn1. The Kier molecular flexibility index (Phi) is 4.22. The maximum absolute atomic E-state index is 10.2. The molecule has 2 aromatic rings. The Labute approximate surface area is 109 Å². The summed E-state index contributed by atoms with van der Waals surface area (Å²) >= 11 is 0. The van der Waals surface area contributed by atoms with Crippen molar-refractivity contribution >= 4 is 6.09 Å². The molecule has 0 bridgehead atoms. The molecule has 0 aromatic carbocycles. The molecule has 1 amide bonds. The maximum Gasteiger partial charge on any atom is 0.404 e. The van der Waals surface area contributed by atoms with Gasteiger partial charge in [-0.3, -0.25) is 4.98 Å². The minimum absolute atomic E-state index is 0.275. The average molecular weight is 259 g/mol. The van der Waals surface area contributed by atoms with Gasteiger partial charge in [-0.1, -0.05) is 23.4 Å². The first kappa shape index (κ1) is 12.7. The van der Waals surface area contributed by atoms with Crippen molar-refractivity contribution in [3.8, 4) is 11.4 Å². The second-order valence-electron chi connectivity index (χ2n) is 3.70. The Bertz CT molecular complexity index is 565. The number of allylic oxidation sites excluding steroid dienone is 1. The first-order valence-electron chi connectivity index (χ1n) is 5.69. The number of nitrogens with one attached hydrogen (secondary N) is 1. The van der Waals surface area contributed by atoms with Crippen LogP contribution < -0.4 is 5.32 Å². The summed E-state index contributed by atoms with van der Waals surface area (Å²) in [6, 6.07) is 5.59. The molecular formula is C12H13N5O2. The van der Waals surface area contributed by atoms with Gasteiger partial charge in [0.15, 0.2) is 0 Å². The van der Waals surface area contributed by atoms with Gasteiger partial charge < -0.3 is 10.4 Å². The van der Waals surface area contributed by atoms with Crippen LogP contribution in [0.5, 0.6) is 0 Å². The molecule has 0 atom stereocenters. The lowest BCUT2D eigenvalue weighted by Crippen LogP contribution is -2.20. The zero-order valence-electron chi connectivity index (χ0n) is 10.1. The molecule has 0 saturated carbocycles. The first-order valence-corrected chi connectivity index (χ1v) is 5.69. The standard InChI is InChI=1S/C12H13N5O2/c18-12(19)14-7-3-4-8-17-9-11(15-16-17)10-5-1-2-6-13-10/h1-6,9,14H,7-8H2,(H,18,19)/b4-3+. The zero-order chi connectivity index (χ0) is 13.5. The van der Waals surface area contributed by atoms with Crippen molar-refractivity contribution in [3.05, 3.63) is 42.7 Å². The van der Waals surface area contributed by atoms with Crippen LogP contribution in [0, 0.1) is 0 Å². The highest BCUT2D eigenvalue weighted by molar-refractivity contribution is 5.64. The van der Waals surface area contributed by atoms with Crippen LogP contribution in [0.2, 0.25) is 0 Å². The normalized spacial score (nSPS) is 10.7. The second kappa shape index (κ2) is 6.29. The summed E-state index contributed by atoms with van der Waals surface area (Å²) in [5, 5.41) is 18.6. The lowest BCUT2D eigenvalue weighted by Gasteiger charge is -1.94. The maximum atomic E-state index is 10.2. The molecule has 7 heteroatoms. The van der Waals surface area contributed by atoms with E-state index in [1.54, 1.807) is 23.2 Å². The van der Waals surface area contributed by atoms with Crippen LogP contribution in [-0.4, -0.2) is 37.7 Å². The lowest BCUT2D eigenvalue weighted by atomic mass is 10.3. The number of carboxylic acid groups (broad SMARTS) is 1. The van der Waals surface area contributed by atoms with E-state index in [0.29, 0.717) is 12.2 Å². The predicted octanol–water partition coefficient (Wildman–Crippen LogP) is 1.16. The van der Waals surface area contributed by atoms with Crippen molar-refractivity contribution in [2.75, 3.05) is 6.54 Å². The molecule has 2 heterocycles. The van der Waals surface area contributed by atoms with Crippen LogP contribution in [0.25, 0.3) is 11.4 Å². The van der Waals surface area contributed by atoms with Gasteiger partial charge in [0.05, 0.1) is 18.4 Å². The number of aromatic nitrogens is 4. The Morgan fingerprint density at radius 1 is 1.37 bits per heavy atom. The average Bonchev–Trinajstić information content (AvgIpc) is 2.88. The van der Waals surface area contributed by atoms with Crippen LogP contribution in [-0.2, 0) is 6.54 Å². The molecule has 0 aliphatic carbocycles. The Morgan fingerprint density at radius 3 is 3.00 bits per heavy atom. The third kappa shape index (κ3) is 3.91. The van der Waals surface area contributed by atoms with E-state index in [-0.39, 0.29) is 6.54 Å². The Morgan fingerprint density at radius 2 is 2.26 bits per heavy atom. The molecule has 0 radical (unpaired) electrons. The van der Waals surface area contributed by atoms with E-state index in [1.165, 1.54) is 0 Å². The van der Waals surface area contributed by atoms with E-state index >= 15 is 0 Å². The molecule has 0 aliphatic heterocycles. The van der Waals surface area contributed by atoms with E-state index in [4.69, 9.17) is 5.11 Å². The van der Waals surface area contributed by atoms with Gasteiger partial charge in [0, 0.05) is 12.7 Å². The summed E-state index contributed by atoms with van der Waals surface area (Å²) in [5.74, 6) is 0. The van der Waals surface area contributed by atoms with Crippen molar-refractivity contribution in [2.45, 2.75) is 6.54 Å². The summed E-state index contributed by atoms with van der Waals surface area (Å²) in [5.41, 5.74) is 1.47. The Balaban J connectivity index is 1.89. The van der Waals surface area contributed by atoms with Crippen molar-refractivity contribution in [1.82, 2.24) is 25.3 Å². The fourth-order valence-corrected chi connectivity index (χ4v) is 1.43. The number of nitrogens with zero attached hydrogens (tertiary/aromatic N) is 4. The zero-order valence-corrected chi connectivity index (χ0v) is 10.1. The summed E-state index contributed by atoms with van der Waals surface area (Å²) in [4.78, 5) is 14.4. The summed E-state index contributed by atoms with van der Waals surface area (Å²) in [7, 11) is 0. The third-order valence-electron chi connectivity index (χ3n) is 2.30. The van der Waals surface area contributed by atoms with Crippen molar-refractivity contribution < 1.29 is 9.90 Å². The summed E-state index contributed by atoms with van der Waals surface area (Å²) in [6.07, 6.45) is 5.98. The van der Waals surface area contributed by atoms with E-state index in [9.17, 15) is 4.79 Å². The molecule has 7 nitrogen and oxygen atoms in total. The number of rotatable bonds is 5. The minimum atomic E-state index is -1.04. The topological polar surface area (TPSA) is 92.9 Å². The fourth-order valence-electron chi connectivity index (χ4n) is 1.43. The quantitative estimate of drug-likeness (QED) is 0.786. The van der Waals surface area contributed by atoms with Gasteiger partial charge >= 0.3 is 6.09 Å². The molecule has 2 aromatic heterocycles. The molecule has 2 rings (SSSR count). The molecule has 2 N–H and O–H groups in total. The summed E-state index contributed by atoms with van der Waals surface area (Å²) < 4.78 is 1.65. The van der Waals surface area contributed by atoms with Gasteiger partial charge in [-0.15, -0.1) is 5.10 Å². The van der Waals surface area contributed by atoms with Crippen molar-refractivity contribution in [2.24, 2.45) is 0 Å². The van der Waals surface area contributed by atoms with Crippen LogP contribution in [0.4, 0.5) is 4.79 Å². The van der Waals surface area contributed by atoms with Crippen molar-refractivity contribution in [1.29, 1.82) is 0 Å². The van der Waals surface area contributed by atoms with Crippen LogP contribution in [0.3, 0.4) is 0 Å². The molecular weight excluding hydrogens is 246 g/mol. The number of amides is 1. The number of hydrogen-bond acceptors (Lipinski definition) is 4. The lowest BCUT2D eigenvalue weighted by molar-refractivity contribution is 0.195. The van der Waals surface area contributed by atoms with E-state index in [2.05, 4.69) is 20.6 Å². The highest BCUT2D eigenvalue weighted by Crippen LogP contribution is 2.11. The molecule has 19 heavy (non-hydrogen) atoms. The summed E-state index contributed by atoms with van der Waals surface area (Å²) in [6.45, 7) is 0.804. The number of hydrogen-bond donors (Lipinski definition) is 2. The van der Waals surface area contributed by atoms with Gasteiger partial charge in [-0.05, 0) is 12.1 Å². The molecule has 0 saturated heterocycles. The van der Waals surface area contributed by atoms with E-state index in [0.717, 1.165) is 5.69 Å². The molecule has 98 valence electrons. The van der Waals surface area contributed by atoms with E-state index < -0.39 is 6.09 Å². The fraction of sp³-hybridized carbons (Fsp3) is 0.167. The monoisotopic (exact) mass is 259 g/mol. The first-order chi connectivity index (χ1) is 9.25. The van der Waals surface area contributed by atoms with Crippen molar-refractivity contribution in [3.63, 3.8) is 0 Å². The minimum Gasteiger partial charge on any atom is -0.465 e. The van der Waals surface area contributed by atoms with Gasteiger partial charge in [-0.2, -0.15) is 0 Å². The van der Waals surface area contributed by atoms with Gasteiger partial charge in [0.25, 0.3) is 0 Å². The Hall–Kier alpha value is -2.70. The highest BCUT2D eigenvalue weighted by atomic mass is 16.4. The number of pyridine rings is 1. The largest absolute Gasteiger partial charge is 0.465 e. The molecule has 0 aliphatic rings. The predicted molar refractivity (Wildman–Crippen MR) is 68.4 cm³/mol. The smallest absolute Gasteiger partial charge is 0.404 e. The van der Waals surface area contributed by atoms with Crippen LogP contribution in [0.15, 0.2) is 42.7 Å². The molecule has 0 spiro atoms. The molecule has 0 unspecified atom stereocenters. The van der Waals surface area contributed by atoms with Gasteiger partial charge in [-0.25, -0.2) is 9.48 Å². The van der Waals surface area contributed by atoms with Gasteiger partial charge in [0.1, 0.15) is 5.69 Å².